The molecular formula is C15H14Br3NO2. The van der Waals surface area contributed by atoms with Gasteiger partial charge in [-0.2, -0.15) is 0 Å². The van der Waals surface area contributed by atoms with Crippen molar-refractivity contribution in [3.8, 4) is 11.5 Å². The maximum Gasteiger partial charge on any atom is 0.174 e. The SMILES string of the molecule is COc1cc(CNc2c(Br)cccc2Br)cc(Br)c1OC. The first kappa shape index (κ1) is 16.6. The molecule has 0 heterocycles. The van der Waals surface area contributed by atoms with Gasteiger partial charge in [0.2, 0.25) is 0 Å². The molecule has 2 aromatic rings. The third kappa shape index (κ3) is 3.93. The minimum Gasteiger partial charge on any atom is -0.493 e. The van der Waals surface area contributed by atoms with E-state index in [0.29, 0.717) is 18.0 Å². The van der Waals surface area contributed by atoms with Crippen LogP contribution in [0.1, 0.15) is 5.56 Å². The summed E-state index contributed by atoms with van der Waals surface area (Å²) in [6.45, 7) is 0.667. The molecule has 1 N–H and O–H groups in total. The first-order chi connectivity index (χ1) is 10.1. The summed E-state index contributed by atoms with van der Waals surface area (Å²) in [7, 11) is 3.25. The minimum atomic E-state index is 0.667. The largest absolute Gasteiger partial charge is 0.493 e. The lowest BCUT2D eigenvalue weighted by molar-refractivity contribution is 0.352. The molecule has 2 rings (SSSR count). The molecule has 0 bridgehead atoms. The third-order valence-electron chi connectivity index (χ3n) is 2.93. The minimum absolute atomic E-state index is 0.667. The Bertz CT molecular complexity index is 627. The number of hydrogen-bond donors (Lipinski definition) is 1. The zero-order valence-corrected chi connectivity index (χ0v) is 16.3. The summed E-state index contributed by atoms with van der Waals surface area (Å²) in [5.74, 6) is 1.40. The van der Waals surface area contributed by atoms with E-state index in [1.807, 2.05) is 30.3 Å². The fourth-order valence-electron chi connectivity index (χ4n) is 1.93. The molecule has 21 heavy (non-hydrogen) atoms. The van der Waals surface area contributed by atoms with Gasteiger partial charge in [0.1, 0.15) is 0 Å². The van der Waals surface area contributed by atoms with Crippen molar-refractivity contribution >= 4 is 53.5 Å². The van der Waals surface area contributed by atoms with Gasteiger partial charge in [-0.1, -0.05) is 6.07 Å². The lowest BCUT2D eigenvalue weighted by Gasteiger charge is -2.14. The molecule has 0 unspecified atom stereocenters. The van der Waals surface area contributed by atoms with Gasteiger partial charge in [-0.15, -0.1) is 0 Å². The molecule has 0 amide bonds. The van der Waals surface area contributed by atoms with Gasteiger partial charge in [0.25, 0.3) is 0 Å². The topological polar surface area (TPSA) is 30.5 Å². The molecule has 0 saturated carbocycles. The summed E-state index contributed by atoms with van der Waals surface area (Å²) in [5, 5.41) is 3.40. The monoisotopic (exact) mass is 477 g/mol. The number of ether oxygens (including phenoxy) is 2. The van der Waals surface area contributed by atoms with Gasteiger partial charge < -0.3 is 14.8 Å². The summed E-state index contributed by atoms with van der Waals surface area (Å²) < 4.78 is 13.6. The van der Waals surface area contributed by atoms with Crippen molar-refractivity contribution < 1.29 is 9.47 Å². The molecule has 3 nitrogen and oxygen atoms in total. The van der Waals surface area contributed by atoms with E-state index in [9.17, 15) is 0 Å². The van der Waals surface area contributed by atoms with Crippen LogP contribution in [0.15, 0.2) is 43.7 Å². The van der Waals surface area contributed by atoms with E-state index < -0.39 is 0 Å². The Balaban J connectivity index is 2.23. The lowest BCUT2D eigenvalue weighted by atomic mass is 10.2. The summed E-state index contributed by atoms with van der Waals surface area (Å²) in [6.07, 6.45) is 0. The molecule has 0 aliphatic rings. The number of benzene rings is 2. The van der Waals surface area contributed by atoms with Crippen LogP contribution in [0.3, 0.4) is 0 Å². The van der Waals surface area contributed by atoms with Gasteiger partial charge in [-0.3, -0.25) is 0 Å². The molecule has 0 aliphatic carbocycles. The van der Waals surface area contributed by atoms with Gasteiger partial charge >= 0.3 is 0 Å². The Morgan fingerprint density at radius 1 is 0.952 bits per heavy atom. The quantitative estimate of drug-likeness (QED) is 0.605. The Morgan fingerprint density at radius 2 is 1.62 bits per heavy atom. The van der Waals surface area contributed by atoms with Crippen LogP contribution in [0.5, 0.6) is 11.5 Å². The summed E-state index contributed by atoms with van der Waals surface area (Å²) in [6, 6.07) is 9.95. The van der Waals surface area contributed by atoms with E-state index >= 15 is 0 Å². The van der Waals surface area contributed by atoms with Crippen LogP contribution in [-0.4, -0.2) is 14.2 Å². The number of halogens is 3. The van der Waals surface area contributed by atoms with E-state index in [0.717, 1.165) is 24.7 Å². The molecule has 2 aromatic carbocycles. The molecular weight excluding hydrogens is 466 g/mol. The Kier molecular flexibility index (Phi) is 5.96. The molecule has 0 radical (unpaired) electrons. The first-order valence-corrected chi connectivity index (χ1v) is 8.53. The molecule has 0 aliphatic heterocycles. The average Bonchev–Trinajstić information content (AvgIpc) is 2.46. The Labute approximate surface area is 149 Å². The van der Waals surface area contributed by atoms with Crippen LogP contribution < -0.4 is 14.8 Å². The predicted octanol–water partition coefficient (Wildman–Crippen LogP) is 5.60. The lowest BCUT2D eigenvalue weighted by Crippen LogP contribution is -2.02. The predicted molar refractivity (Wildman–Crippen MR) is 96.4 cm³/mol. The van der Waals surface area contributed by atoms with Crippen LogP contribution in [0.4, 0.5) is 5.69 Å². The van der Waals surface area contributed by atoms with Gasteiger partial charge in [-0.25, -0.2) is 0 Å². The second-order valence-corrected chi connectivity index (χ2v) is 6.83. The second kappa shape index (κ2) is 7.51. The van der Waals surface area contributed by atoms with E-state index in [1.54, 1.807) is 14.2 Å². The fraction of sp³-hybridized carbons (Fsp3) is 0.200. The van der Waals surface area contributed by atoms with Crippen LogP contribution in [0.2, 0.25) is 0 Å². The fourth-order valence-corrected chi connectivity index (χ4v) is 3.86. The van der Waals surface area contributed by atoms with Gasteiger partial charge in [0, 0.05) is 15.5 Å². The second-order valence-electron chi connectivity index (χ2n) is 4.26. The number of para-hydroxylation sites is 1. The third-order valence-corrected chi connectivity index (χ3v) is 4.84. The Hall–Kier alpha value is -0.720. The van der Waals surface area contributed by atoms with Gasteiger partial charge in [0.05, 0.1) is 24.4 Å². The summed E-state index contributed by atoms with van der Waals surface area (Å²) >= 11 is 10.6. The van der Waals surface area contributed by atoms with E-state index in [4.69, 9.17) is 9.47 Å². The van der Waals surface area contributed by atoms with Crippen LogP contribution in [0.25, 0.3) is 0 Å². The number of anilines is 1. The number of rotatable bonds is 5. The number of methoxy groups -OCH3 is 2. The summed E-state index contributed by atoms with van der Waals surface area (Å²) in [4.78, 5) is 0. The van der Waals surface area contributed by atoms with Crippen molar-refractivity contribution in [2.24, 2.45) is 0 Å². The molecule has 0 spiro atoms. The van der Waals surface area contributed by atoms with Gasteiger partial charge in [0.15, 0.2) is 11.5 Å². The molecule has 0 atom stereocenters. The average molecular weight is 480 g/mol. The smallest absolute Gasteiger partial charge is 0.174 e. The highest BCUT2D eigenvalue weighted by Gasteiger charge is 2.11. The normalized spacial score (nSPS) is 10.3. The van der Waals surface area contributed by atoms with E-state index in [-0.39, 0.29) is 0 Å². The van der Waals surface area contributed by atoms with E-state index in [2.05, 4.69) is 53.1 Å². The van der Waals surface area contributed by atoms with E-state index in [1.165, 1.54) is 0 Å². The molecule has 0 aromatic heterocycles. The van der Waals surface area contributed by atoms with Crippen molar-refractivity contribution in [3.05, 3.63) is 49.3 Å². The zero-order valence-electron chi connectivity index (χ0n) is 11.5. The molecule has 0 saturated heterocycles. The molecule has 112 valence electrons. The van der Waals surface area contributed by atoms with Crippen molar-refractivity contribution in [3.63, 3.8) is 0 Å². The zero-order chi connectivity index (χ0) is 15.4. The van der Waals surface area contributed by atoms with Gasteiger partial charge in [-0.05, 0) is 77.6 Å². The van der Waals surface area contributed by atoms with Crippen molar-refractivity contribution in [2.75, 3.05) is 19.5 Å². The first-order valence-electron chi connectivity index (χ1n) is 6.15. The van der Waals surface area contributed by atoms with Crippen molar-refractivity contribution in [2.45, 2.75) is 6.54 Å². The number of hydrogen-bond acceptors (Lipinski definition) is 3. The van der Waals surface area contributed by atoms with Crippen LogP contribution in [-0.2, 0) is 6.54 Å². The Morgan fingerprint density at radius 3 is 2.19 bits per heavy atom. The van der Waals surface area contributed by atoms with Crippen molar-refractivity contribution in [1.82, 2.24) is 0 Å². The highest BCUT2D eigenvalue weighted by Crippen LogP contribution is 2.37. The highest BCUT2D eigenvalue weighted by molar-refractivity contribution is 9.11. The maximum atomic E-state index is 5.36. The standard InChI is InChI=1S/C15H14Br3NO2/c1-20-13-7-9(6-12(18)15(13)21-2)8-19-14-10(16)4-3-5-11(14)17/h3-7,19H,8H2,1-2H3. The van der Waals surface area contributed by atoms with Crippen LogP contribution >= 0.6 is 47.8 Å². The highest BCUT2D eigenvalue weighted by atomic mass is 79.9. The van der Waals surface area contributed by atoms with Crippen LogP contribution in [0, 0.1) is 0 Å². The van der Waals surface area contributed by atoms with Crippen molar-refractivity contribution in [1.29, 1.82) is 0 Å². The molecule has 6 heteroatoms. The molecule has 0 fully saturated rings. The maximum absolute atomic E-state index is 5.36. The summed E-state index contributed by atoms with van der Waals surface area (Å²) in [5.41, 5.74) is 2.10. The number of nitrogens with one attached hydrogen (secondary N) is 1.